The van der Waals surface area contributed by atoms with Crippen molar-refractivity contribution >= 4 is 5.97 Å². The summed E-state index contributed by atoms with van der Waals surface area (Å²) in [4.78, 5) is 10.8. The van der Waals surface area contributed by atoms with Crippen molar-refractivity contribution in [1.82, 2.24) is 10.2 Å². The number of H-pyrrole nitrogens is 1. The van der Waals surface area contributed by atoms with Crippen LogP contribution in [0.2, 0.25) is 0 Å². The van der Waals surface area contributed by atoms with Gasteiger partial charge in [-0.25, -0.2) is 4.79 Å². The van der Waals surface area contributed by atoms with Gasteiger partial charge in [0.2, 0.25) is 0 Å². The molecule has 0 saturated carbocycles. The Morgan fingerprint density at radius 2 is 1.89 bits per heavy atom. The van der Waals surface area contributed by atoms with Crippen LogP contribution in [-0.4, -0.2) is 35.5 Å². The fraction of sp³-hybridized carbons (Fsp3) is 0.167. The summed E-state index contributed by atoms with van der Waals surface area (Å²) in [7, 11) is 3.06. The van der Waals surface area contributed by atoms with Crippen molar-refractivity contribution < 1.29 is 19.4 Å². The number of carboxylic acids is 1. The lowest BCUT2D eigenvalue weighted by Gasteiger charge is -2.10. The van der Waals surface area contributed by atoms with Crippen LogP contribution in [0.5, 0.6) is 11.5 Å². The molecule has 0 fully saturated rings. The van der Waals surface area contributed by atoms with Crippen LogP contribution in [0.25, 0.3) is 11.3 Å². The Morgan fingerprint density at radius 3 is 2.33 bits per heavy atom. The number of aromatic nitrogens is 2. The Bertz CT molecular complexity index is 555. The molecule has 0 aliphatic heterocycles. The lowest BCUT2D eigenvalue weighted by molar-refractivity contribution is 0.0690. The Hall–Kier alpha value is -2.50. The number of aromatic carboxylic acids is 1. The molecule has 2 rings (SSSR count). The quantitative estimate of drug-likeness (QED) is 0.861. The van der Waals surface area contributed by atoms with Gasteiger partial charge in [-0.05, 0) is 18.2 Å². The molecule has 0 aliphatic rings. The minimum Gasteiger partial charge on any atom is -0.496 e. The zero-order chi connectivity index (χ0) is 13.1. The Labute approximate surface area is 103 Å². The second-order valence-electron chi connectivity index (χ2n) is 3.51. The molecule has 0 spiro atoms. The van der Waals surface area contributed by atoms with E-state index in [1.807, 2.05) is 0 Å². The van der Waals surface area contributed by atoms with Crippen molar-refractivity contribution in [3.8, 4) is 22.8 Å². The number of benzene rings is 1. The SMILES string of the molecule is COc1cccc(OC)c1-c1cc(C(=O)O)[nH]n1. The van der Waals surface area contributed by atoms with Gasteiger partial charge in [0.05, 0.1) is 19.8 Å². The summed E-state index contributed by atoms with van der Waals surface area (Å²) in [6.07, 6.45) is 0. The van der Waals surface area contributed by atoms with Crippen LogP contribution in [0.4, 0.5) is 0 Å². The molecule has 0 saturated heterocycles. The summed E-state index contributed by atoms with van der Waals surface area (Å²) < 4.78 is 10.5. The normalized spacial score (nSPS) is 10.1. The van der Waals surface area contributed by atoms with Gasteiger partial charge in [0, 0.05) is 0 Å². The molecular formula is C12H12N2O4. The molecule has 0 amide bonds. The summed E-state index contributed by atoms with van der Waals surface area (Å²) >= 11 is 0. The predicted molar refractivity (Wildman–Crippen MR) is 64.1 cm³/mol. The van der Waals surface area contributed by atoms with Gasteiger partial charge < -0.3 is 14.6 Å². The number of rotatable bonds is 4. The van der Waals surface area contributed by atoms with Gasteiger partial charge in [0.15, 0.2) is 0 Å². The van der Waals surface area contributed by atoms with Crippen molar-refractivity contribution in [3.63, 3.8) is 0 Å². The van der Waals surface area contributed by atoms with Gasteiger partial charge in [0.25, 0.3) is 0 Å². The van der Waals surface area contributed by atoms with E-state index in [1.54, 1.807) is 18.2 Å². The van der Waals surface area contributed by atoms with Gasteiger partial charge >= 0.3 is 5.97 Å². The van der Waals surface area contributed by atoms with Crippen LogP contribution < -0.4 is 9.47 Å². The highest BCUT2D eigenvalue weighted by Crippen LogP contribution is 2.37. The van der Waals surface area contributed by atoms with Gasteiger partial charge in [-0.1, -0.05) is 6.07 Å². The maximum absolute atomic E-state index is 10.8. The number of nitrogens with zero attached hydrogens (tertiary/aromatic N) is 1. The number of ether oxygens (including phenoxy) is 2. The van der Waals surface area contributed by atoms with Gasteiger partial charge in [0.1, 0.15) is 22.9 Å². The van der Waals surface area contributed by atoms with Gasteiger partial charge in [-0.15, -0.1) is 0 Å². The number of carbonyl (C=O) groups is 1. The maximum Gasteiger partial charge on any atom is 0.353 e. The molecule has 0 atom stereocenters. The molecule has 2 N–H and O–H groups in total. The van der Waals surface area contributed by atoms with E-state index in [1.165, 1.54) is 20.3 Å². The number of nitrogens with one attached hydrogen (secondary N) is 1. The van der Waals surface area contributed by atoms with E-state index in [4.69, 9.17) is 14.6 Å². The molecule has 94 valence electrons. The van der Waals surface area contributed by atoms with Gasteiger partial charge in [-0.2, -0.15) is 5.10 Å². The van der Waals surface area contributed by atoms with Crippen molar-refractivity contribution in [2.45, 2.75) is 0 Å². The number of aromatic amines is 1. The summed E-state index contributed by atoms with van der Waals surface area (Å²) in [6.45, 7) is 0. The summed E-state index contributed by atoms with van der Waals surface area (Å²) in [6, 6.07) is 6.73. The highest BCUT2D eigenvalue weighted by atomic mass is 16.5. The average Bonchev–Trinajstić information content (AvgIpc) is 2.87. The summed E-state index contributed by atoms with van der Waals surface area (Å²) in [5, 5.41) is 15.3. The van der Waals surface area contributed by atoms with Crippen molar-refractivity contribution in [2.24, 2.45) is 0 Å². The van der Waals surface area contributed by atoms with Crippen LogP contribution in [0.15, 0.2) is 24.3 Å². The number of hydrogen-bond donors (Lipinski definition) is 2. The maximum atomic E-state index is 10.8. The number of hydrogen-bond acceptors (Lipinski definition) is 4. The number of carboxylic acid groups (broad SMARTS) is 1. The van der Waals surface area contributed by atoms with Crippen LogP contribution in [0, 0.1) is 0 Å². The number of methoxy groups -OCH3 is 2. The summed E-state index contributed by atoms with van der Waals surface area (Å²) in [5.41, 5.74) is 1.09. The molecule has 18 heavy (non-hydrogen) atoms. The van der Waals surface area contributed by atoms with E-state index in [0.717, 1.165) is 0 Å². The predicted octanol–water partition coefficient (Wildman–Crippen LogP) is 1.79. The minimum absolute atomic E-state index is 0.0120. The molecule has 1 heterocycles. The van der Waals surface area contributed by atoms with E-state index >= 15 is 0 Å². The third kappa shape index (κ3) is 2.00. The van der Waals surface area contributed by atoms with E-state index < -0.39 is 5.97 Å². The van der Waals surface area contributed by atoms with Crippen LogP contribution in [0.1, 0.15) is 10.5 Å². The molecule has 0 radical (unpaired) electrons. The fourth-order valence-corrected chi connectivity index (χ4v) is 1.66. The van der Waals surface area contributed by atoms with E-state index in [9.17, 15) is 4.79 Å². The van der Waals surface area contributed by atoms with Crippen molar-refractivity contribution in [1.29, 1.82) is 0 Å². The zero-order valence-electron chi connectivity index (χ0n) is 9.93. The first kappa shape index (κ1) is 12.0. The Morgan fingerprint density at radius 1 is 1.28 bits per heavy atom. The molecule has 6 nitrogen and oxygen atoms in total. The molecular weight excluding hydrogens is 236 g/mol. The molecule has 0 unspecified atom stereocenters. The highest BCUT2D eigenvalue weighted by Gasteiger charge is 2.17. The first-order valence-electron chi connectivity index (χ1n) is 5.17. The molecule has 0 bridgehead atoms. The molecule has 1 aromatic heterocycles. The summed E-state index contributed by atoms with van der Waals surface area (Å²) in [5.74, 6) is 0.0678. The lowest BCUT2D eigenvalue weighted by Crippen LogP contribution is -1.95. The van der Waals surface area contributed by atoms with Crippen LogP contribution in [-0.2, 0) is 0 Å². The van der Waals surface area contributed by atoms with E-state index in [0.29, 0.717) is 22.8 Å². The Kier molecular flexibility index (Phi) is 3.18. The first-order chi connectivity index (χ1) is 8.67. The standard InChI is InChI=1S/C12H12N2O4/c1-17-9-4-3-5-10(18-2)11(9)7-6-8(12(15)16)14-13-7/h3-6H,1-2H3,(H,13,14)(H,15,16). The largest absolute Gasteiger partial charge is 0.496 e. The second-order valence-corrected chi connectivity index (χ2v) is 3.51. The highest BCUT2D eigenvalue weighted by molar-refractivity contribution is 5.88. The zero-order valence-corrected chi connectivity index (χ0v) is 9.93. The van der Waals surface area contributed by atoms with Crippen LogP contribution in [0.3, 0.4) is 0 Å². The monoisotopic (exact) mass is 248 g/mol. The van der Waals surface area contributed by atoms with Crippen molar-refractivity contribution in [3.05, 3.63) is 30.0 Å². The molecule has 0 aliphatic carbocycles. The second kappa shape index (κ2) is 4.79. The van der Waals surface area contributed by atoms with Crippen LogP contribution >= 0.6 is 0 Å². The van der Waals surface area contributed by atoms with Crippen molar-refractivity contribution in [2.75, 3.05) is 14.2 Å². The third-order valence-electron chi connectivity index (χ3n) is 2.49. The first-order valence-corrected chi connectivity index (χ1v) is 5.17. The molecule has 2 aromatic rings. The minimum atomic E-state index is -1.07. The topological polar surface area (TPSA) is 84.4 Å². The van der Waals surface area contributed by atoms with Gasteiger partial charge in [-0.3, -0.25) is 5.10 Å². The molecule has 1 aromatic carbocycles. The van der Waals surface area contributed by atoms with E-state index in [-0.39, 0.29) is 5.69 Å². The lowest BCUT2D eigenvalue weighted by atomic mass is 10.1. The fourth-order valence-electron chi connectivity index (χ4n) is 1.66. The Balaban J connectivity index is 2.57. The average molecular weight is 248 g/mol. The third-order valence-corrected chi connectivity index (χ3v) is 2.49. The molecule has 6 heteroatoms. The smallest absolute Gasteiger partial charge is 0.353 e. The van der Waals surface area contributed by atoms with E-state index in [2.05, 4.69) is 10.2 Å².